The van der Waals surface area contributed by atoms with Crippen LogP contribution in [-0.4, -0.2) is 59.3 Å². The minimum absolute atomic E-state index is 0.00457. The fourth-order valence-electron chi connectivity index (χ4n) is 2.35. The highest BCUT2D eigenvalue weighted by atomic mass is 16.6. The van der Waals surface area contributed by atoms with Crippen molar-refractivity contribution in [3.8, 4) is 0 Å². The van der Waals surface area contributed by atoms with E-state index in [-0.39, 0.29) is 17.5 Å². The minimum Gasteiger partial charge on any atom is -0.339 e. The first-order chi connectivity index (χ1) is 10.5. The number of carbonyl (C=O) groups excluding carboxylic acids is 2. The van der Waals surface area contributed by atoms with Crippen molar-refractivity contribution in [3.05, 3.63) is 39.9 Å². The van der Waals surface area contributed by atoms with Crippen molar-refractivity contribution in [1.29, 1.82) is 0 Å². The highest BCUT2D eigenvalue weighted by Crippen LogP contribution is 2.14. The summed E-state index contributed by atoms with van der Waals surface area (Å²) >= 11 is 0. The summed E-state index contributed by atoms with van der Waals surface area (Å²) in [7, 11) is 0. The quantitative estimate of drug-likeness (QED) is 0.632. The molecule has 1 saturated heterocycles. The van der Waals surface area contributed by atoms with Crippen LogP contribution in [0, 0.1) is 10.1 Å². The lowest BCUT2D eigenvalue weighted by molar-refractivity contribution is -0.384. The first-order valence-corrected chi connectivity index (χ1v) is 7.04. The first kappa shape index (κ1) is 15.9. The van der Waals surface area contributed by atoms with Crippen LogP contribution < -0.4 is 5.73 Å². The third-order valence-electron chi connectivity index (χ3n) is 3.60. The average Bonchev–Trinajstić information content (AvgIpc) is 2.54. The lowest BCUT2D eigenvalue weighted by Crippen LogP contribution is -2.50. The van der Waals surface area contributed by atoms with Gasteiger partial charge in [-0.3, -0.25) is 19.7 Å². The van der Waals surface area contributed by atoms with Gasteiger partial charge in [0, 0.05) is 56.8 Å². The van der Waals surface area contributed by atoms with E-state index in [9.17, 15) is 19.7 Å². The van der Waals surface area contributed by atoms with Crippen LogP contribution in [0.5, 0.6) is 0 Å². The van der Waals surface area contributed by atoms with Crippen molar-refractivity contribution in [2.24, 2.45) is 5.73 Å². The van der Waals surface area contributed by atoms with Crippen molar-refractivity contribution in [3.63, 3.8) is 0 Å². The Morgan fingerprint density at radius 2 is 1.64 bits per heavy atom. The van der Waals surface area contributed by atoms with Crippen molar-refractivity contribution in [1.82, 2.24) is 9.80 Å². The van der Waals surface area contributed by atoms with Gasteiger partial charge in [-0.05, 0) is 12.1 Å². The number of nitro benzene ring substituents is 1. The minimum atomic E-state index is -0.504. The second-order valence-electron chi connectivity index (χ2n) is 5.02. The third-order valence-corrected chi connectivity index (χ3v) is 3.60. The fourth-order valence-corrected chi connectivity index (χ4v) is 2.35. The number of benzene rings is 1. The molecule has 1 aliphatic rings. The van der Waals surface area contributed by atoms with Crippen molar-refractivity contribution >= 4 is 17.5 Å². The van der Waals surface area contributed by atoms with Gasteiger partial charge in [0.15, 0.2) is 0 Å². The van der Waals surface area contributed by atoms with E-state index in [2.05, 4.69) is 0 Å². The van der Waals surface area contributed by atoms with Crippen molar-refractivity contribution in [2.45, 2.75) is 6.42 Å². The average molecular weight is 306 g/mol. The lowest BCUT2D eigenvalue weighted by Gasteiger charge is -2.34. The van der Waals surface area contributed by atoms with Crippen molar-refractivity contribution in [2.75, 3.05) is 32.7 Å². The molecule has 1 aliphatic heterocycles. The van der Waals surface area contributed by atoms with Crippen LogP contribution in [0.3, 0.4) is 0 Å². The molecule has 0 atom stereocenters. The predicted molar refractivity (Wildman–Crippen MR) is 79.3 cm³/mol. The van der Waals surface area contributed by atoms with Gasteiger partial charge in [0.05, 0.1) is 4.92 Å². The first-order valence-electron chi connectivity index (χ1n) is 7.04. The van der Waals surface area contributed by atoms with Crippen molar-refractivity contribution < 1.29 is 14.5 Å². The number of carbonyl (C=O) groups is 2. The Bertz CT molecular complexity index is 565. The number of hydrogen-bond acceptors (Lipinski definition) is 5. The zero-order valence-electron chi connectivity index (χ0n) is 12.1. The van der Waals surface area contributed by atoms with E-state index in [1.54, 1.807) is 9.80 Å². The van der Waals surface area contributed by atoms with Gasteiger partial charge in [-0.15, -0.1) is 0 Å². The largest absolute Gasteiger partial charge is 0.339 e. The van der Waals surface area contributed by atoms with Crippen LogP contribution in [0.4, 0.5) is 5.69 Å². The van der Waals surface area contributed by atoms with E-state index in [4.69, 9.17) is 5.73 Å². The fraction of sp³-hybridized carbons (Fsp3) is 0.429. The van der Waals surface area contributed by atoms with Gasteiger partial charge in [0.25, 0.3) is 11.6 Å². The topological polar surface area (TPSA) is 110 Å². The summed E-state index contributed by atoms with van der Waals surface area (Å²) in [5.41, 5.74) is 5.72. The summed E-state index contributed by atoms with van der Waals surface area (Å²) in [6.45, 7) is 2.19. The van der Waals surface area contributed by atoms with Crippen LogP contribution in [-0.2, 0) is 4.79 Å². The van der Waals surface area contributed by atoms with E-state index in [1.807, 2.05) is 0 Å². The molecule has 0 bridgehead atoms. The summed E-state index contributed by atoms with van der Waals surface area (Å²) in [6, 6.07) is 5.53. The van der Waals surface area contributed by atoms with E-state index >= 15 is 0 Å². The standard InChI is InChI=1S/C14H18N4O4/c15-6-5-13(19)16-7-9-17(10-8-16)14(20)11-1-3-12(4-2-11)18(21)22/h1-4H,5-10,15H2. The maximum atomic E-state index is 12.3. The summed E-state index contributed by atoms with van der Waals surface area (Å²) in [6.07, 6.45) is 0.316. The van der Waals surface area contributed by atoms with E-state index in [0.717, 1.165) is 0 Å². The Morgan fingerprint density at radius 1 is 1.09 bits per heavy atom. The highest BCUT2D eigenvalue weighted by Gasteiger charge is 2.24. The van der Waals surface area contributed by atoms with Gasteiger partial charge in [0.2, 0.25) is 5.91 Å². The maximum absolute atomic E-state index is 12.3. The molecule has 8 heteroatoms. The van der Waals surface area contributed by atoms with Crippen LogP contribution in [0.25, 0.3) is 0 Å². The van der Waals surface area contributed by atoms with E-state index < -0.39 is 4.92 Å². The summed E-state index contributed by atoms with van der Waals surface area (Å²) in [5.74, 6) is -0.175. The molecule has 2 N–H and O–H groups in total. The SMILES string of the molecule is NCCC(=O)N1CCN(C(=O)c2ccc([N+](=O)[O-])cc2)CC1. The van der Waals surface area contributed by atoms with Gasteiger partial charge in [0.1, 0.15) is 0 Å². The molecule has 118 valence electrons. The molecule has 1 fully saturated rings. The van der Waals surface area contributed by atoms with E-state index in [0.29, 0.717) is 44.7 Å². The van der Waals surface area contributed by atoms with E-state index in [1.165, 1.54) is 24.3 Å². The Hall–Kier alpha value is -2.48. The van der Waals surface area contributed by atoms with Gasteiger partial charge in [-0.25, -0.2) is 0 Å². The second kappa shape index (κ2) is 6.99. The molecule has 1 aromatic carbocycles. The molecule has 0 aromatic heterocycles. The molecule has 1 heterocycles. The zero-order valence-corrected chi connectivity index (χ0v) is 12.1. The Balaban J connectivity index is 1.94. The molecule has 0 radical (unpaired) electrons. The van der Waals surface area contributed by atoms with Crippen LogP contribution in [0.2, 0.25) is 0 Å². The van der Waals surface area contributed by atoms with Gasteiger partial charge >= 0.3 is 0 Å². The monoisotopic (exact) mass is 306 g/mol. The molecule has 0 saturated carbocycles. The number of non-ortho nitro benzene ring substituents is 1. The van der Waals surface area contributed by atoms with Gasteiger partial charge in [-0.2, -0.15) is 0 Å². The normalized spacial score (nSPS) is 14.8. The Labute approximate surface area is 127 Å². The Morgan fingerprint density at radius 3 is 2.14 bits per heavy atom. The van der Waals surface area contributed by atoms with Crippen LogP contribution in [0.15, 0.2) is 24.3 Å². The number of nitrogens with zero attached hydrogens (tertiary/aromatic N) is 3. The van der Waals surface area contributed by atoms with Crippen LogP contribution in [0.1, 0.15) is 16.8 Å². The third kappa shape index (κ3) is 3.59. The zero-order chi connectivity index (χ0) is 16.1. The molecule has 0 spiro atoms. The van der Waals surface area contributed by atoms with Gasteiger partial charge in [-0.1, -0.05) is 0 Å². The maximum Gasteiger partial charge on any atom is 0.269 e. The second-order valence-corrected chi connectivity index (χ2v) is 5.02. The molecule has 1 aromatic rings. The van der Waals surface area contributed by atoms with Crippen LogP contribution >= 0.6 is 0 Å². The highest BCUT2D eigenvalue weighted by molar-refractivity contribution is 5.94. The molecular formula is C14H18N4O4. The molecule has 0 unspecified atom stereocenters. The molecule has 2 rings (SSSR count). The number of amides is 2. The molecule has 2 amide bonds. The van der Waals surface area contributed by atoms with Gasteiger partial charge < -0.3 is 15.5 Å². The molecular weight excluding hydrogens is 288 g/mol. The smallest absolute Gasteiger partial charge is 0.269 e. The summed E-state index contributed by atoms with van der Waals surface area (Å²) in [4.78, 5) is 37.5. The number of hydrogen-bond donors (Lipinski definition) is 1. The number of nitro groups is 1. The predicted octanol–water partition coefficient (Wildman–Crippen LogP) is 0.228. The summed E-state index contributed by atoms with van der Waals surface area (Å²) in [5, 5.41) is 10.6. The molecule has 22 heavy (non-hydrogen) atoms. The number of nitrogens with two attached hydrogens (primary N) is 1. The molecule has 8 nitrogen and oxygen atoms in total. The number of piperazine rings is 1. The molecule has 0 aliphatic carbocycles. The summed E-state index contributed by atoms with van der Waals surface area (Å²) < 4.78 is 0. The number of rotatable bonds is 4. The Kier molecular flexibility index (Phi) is 5.05. The lowest BCUT2D eigenvalue weighted by atomic mass is 10.1.